The summed E-state index contributed by atoms with van der Waals surface area (Å²) in [5, 5.41) is 3.33. The molecule has 1 aliphatic heterocycles. The van der Waals surface area contributed by atoms with E-state index in [0.717, 1.165) is 25.3 Å². The van der Waals surface area contributed by atoms with Gasteiger partial charge in [-0.1, -0.05) is 18.2 Å². The lowest BCUT2D eigenvalue weighted by Gasteiger charge is -2.36. The fraction of sp³-hybridized carbons (Fsp3) is 0.600. The van der Waals surface area contributed by atoms with Gasteiger partial charge in [-0.05, 0) is 45.6 Å². The molecule has 0 saturated carbocycles. The van der Waals surface area contributed by atoms with Crippen molar-refractivity contribution in [3.05, 3.63) is 30.3 Å². The van der Waals surface area contributed by atoms with Crippen LogP contribution in [0.25, 0.3) is 0 Å². The summed E-state index contributed by atoms with van der Waals surface area (Å²) in [6.45, 7) is 3.03. The van der Waals surface area contributed by atoms with Gasteiger partial charge in [0.2, 0.25) is 0 Å². The molecule has 1 aromatic carbocycles. The zero-order chi connectivity index (χ0) is 12.8. The van der Waals surface area contributed by atoms with Crippen molar-refractivity contribution in [1.82, 2.24) is 10.2 Å². The van der Waals surface area contributed by atoms with Gasteiger partial charge in [-0.15, -0.1) is 0 Å². The molecule has 2 rings (SSSR count). The molecule has 1 heterocycles. The van der Waals surface area contributed by atoms with E-state index in [1.165, 1.54) is 19.4 Å². The molecule has 0 amide bonds. The van der Waals surface area contributed by atoms with Crippen LogP contribution >= 0.6 is 0 Å². The number of likely N-dealkylation sites (tertiary alicyclic amines) is 1. The molecule has 0 bridgehead atoms. The van der Waals surface area contributed by atoms with E-state index in [1.54, 1.807) is 0 Å². The van der Waals surface area contributed by atoms with Crippen molar-refractivity contribution in [3.63, 3.8) is 0 Å². The molecule has 3 nitrogen and oxygen atoms in total. The Bertz CT molecular complexity index is 355. The number of rotatable bonds is 6. The summed E-state index contributed by atoms with van der Waals surface area (Å²) in [5.74, 6) is 0.970. The molecule has 0 radical (unpaired) electrons. The standard InChI is InChI=1S/C15H24N2O/c1-16-13-15(9-6-11-17(15)2)10-12-18-14-7-4-3-5-8-14/h3-5,7-8,16H,6,9-13H2,1-2H3. The third kappa shape index (κ3) is 3.03. The minimum absolute atomic E-state index is 0.281. The second-order valence-corrected chi connectivity index (χ2v) is 5.19. The molecule has 1 aliphatic rings. The SMILES string of the molecule is CNCC1(CCOc2ccccc2)CCCN1C. The lowest BCUT2D eigenvalue weighted by atomic mass is 9.92. The van der Waals surface area contributed by atoms with E-state index in [-0.39, 0.29) is 5.54 Å². The highest BCUT2D eigenvalue weighted by Crippen LogP contribution is 2.30. The number of para-hydroxylation sites is 1. The summed E-state index contributed by atoms with van der Waals surface area (Å²) in [5.41, 5.74) is 0.281. The fourth-order valence-electron chi connectivity index (χ4n) is 2.91. The summed E-state index contributed by atoms with van der Waals surface area (Å²) in [6, 6.07) is 10.1. The molecular weight excluding hydrogens is 224 g/mol. The monoisotopic (exact) mass is 248 g/mol. The topological polar surface area (TPSA) is 24.5 Å². The second-order valence-electron chi connectivity index (χ2n) is 5.19. The van der Waals surface area contributed by atoms with Gasteiger partial charge in [0.25, 0.3) is 0 Å². The quantitative estimate of drug-likeness (QED) is 0.835. The van der Waals surface area contributed by atoms with Gasteiger partial charge in [0, 0.05) is 18.5 Å². The van der Waals surface area contributed by atoms with Crippen LogP contribution in [0, 0.1) is 0 Å². The third-order valence-electron chi connectivity index (χ3n) is 4.03. The van der Waals surface area contributed by atoms with Crippen LogP contribution in [0.3, 0.4) is 0 Å². The van der Waals surface area contributed by atoms with E-state index in [4.69, 9.17) is 4.74 Å². The van der Waals surface area contributed by atoms with Gasteiger partial charge >= 0.3 is 0 Å². The van der Waals surface area contributed by atoms with Gasteiger partial charge in [-0.2, -0.15) is 0 Å². The molecule has 0 aliphatic carbocycles. The molecule has 100 valence electrons. The van der Waals surface area contributed by atoms with Gasteiger partial charge in [0.15, 0.2) is 0 Å². The van der Waals surface area contributed by atoms with E-state index in [2.05, 4.69) is 17.3 Å². The molecule has 0 aromatic heterocycles. The molecule has 0 spiro atoms. The number of benzene rings is 1. The van der Waals surface area contributed by atoms with E-state index in [0.29, 0.717) is 0 Å². The number of ether oxygens (including phenoxy) is 1. The van der Waals surface area contributed by atoms with E-state index < -0.39 is 0 Å². The highest BCUT2D eigenvalue weighted by molar-refractivity contribution is 5.20. The van der Waals surface area contributed by atoms with Crippen molar-refractivity contribution in [2.75, 3.05) is 33.8 Å². The smallest absolute Gasteiger partial charge is 0.119 e. The maximum absolute atomic E-state index is 5.83. The predicted octanol–water partition coefficient (Wildman–Crippen LogP) is 2.14. The van der Waals surface area contributed by atoms with Gasteiger partial charge in [-0.3, -0.25) is 4.90 Å². The predicted molar refractivity (Wildman–Crippen MR) is 75.1 cm³/mol. The van der Waals surface area contributed by atoms with Crippen LogP contribution in [0.5, 0.6) is 5.75 Å². The average Bonchev–Trinajstić information content (AvgIpc) is 2.73. The first kappa shape index (κ1) is 13.4. The number of likely N-dealkylation sites (N-methyl/N-ethyl adjacent to an activating group) is 2. The first-order valence-corrected chi connectivity index (χ1v) is 6.80. The summed E-state index contributed by atoms with van der Waals surface area (Å²) >= 11 is 0. The normalized spacial score (nSPS) is 24.3. The molecule has 1 fully saturated rings. The third-order valence-corrected chi connectivity index (χ3v) is 4.03. The summed E-state index contributed by atoms with van der Waals surface area (Å²) < 4.78 is 5.83. The molecule has 1 unspecified atom stereocenters. The maximum Gasteiger partial charge on any atom is 0.119 e. The first-order valence-electron chi connectivity index (χ1n) is 6.80. The van der Waals surface area contributed by atoms with Crippen LogP contribution in [0.1, 0.15) is 19.3 Å². The second kappa shape index (κ2) is 6.21. The summed E-state index contributed by atoms with van der Waals surface area (Å²) in [6.07, 6.45) is 3.64. The molecular formula is C15H24N2O. The highest BCUT2D eigenvalue weighted by Gasteiger charge is 2.37. The van der Waals surface area contributed by atoms with Crippen molar-refractivity contribution >= 4 is 0 Å². The first-order chi connectivity index (χ1) is 8.77. The van der Waals surface area contributed by atoms with Crippen LogP contribution in [-0.4, -0.2) is 44.2 Å². The highest BCUT2D eigenvalue weighted by atomic mass is 16.5. The Morgan fingerprint density at radius 2 is 2.11 bits per heavy atom. The molecule has 1 aromatic rings. The molecule has 1 saturated heterocycles. The lowest BCUT2D eigenvalue weighted by Crippen LogP contribution is -2.49. The Morgan fingerprint density at radius 3 is 2.72 bits per heavy atom. The number of hydrogen-bond acceptors (Lipinski definition) is 3. The van der Waals surface area contributed by atoms with Crippen LogP contribution in [0.2, 0.25) is 0 Å². The van der Waals surface area contributed by atoms with Crippen LogP contribution in [-0.2, 0) is 0 Å². The number of hydrogen-bond donors (Lipinski definition) is 1. The largest absolute Gasteiger partial charge is 0.494 e. The van der Waals surface area contributed by atoms with Crippen molar-refractivity contribution in [2.45, 2.75) is 24.8 Å². The summed E-state index contributed by atoms with van der Waals surface area (Å²) in [7, 11) is 4.26. The summed E-state index contributed by atoms with van der Waals surface area (Å²) in [4.78, 5) is 2.48. The Balaban J connectivity index is 1.87. The molecule has 3 heteroatoms. The van der Waals surface area contributed by atoms with Crippen molar-refractivity contribution in [1.29, 1.82) is 0 Å². The molecule has 1 N–H and O–H groups in total. The van der Waals surface area contributed by atoms with Crippen LogP contribution < -0.4 is 10.1 Å². The van der Waals surface area contributed by atoms with Crippen molar-refractivity contribution < 1.29 is 4.74 Å². The number of nitrogens with zero attached hydrogens (tertiary/aromatic N) is 1. The Labute approximate surface area is 110 Å². The molecule has 18 heavy (non-hydrogen) atoms. The van der Waals surface area contributed by atoms with E-state index in [9.17, 15) is 0 Å². The van der Waals surface area contributed by atoms with Gasteiger partial charge < -0.3 is 10.1 Å². The van der Waals surface area contributed by atoms with Crippen molar-refractivity contribution in [3.8, 4) is 5.75 Å². The van der Waals surface area contributed by atoms with E-state index >= 15 is 0 Å². The Hall–Kier alpha value is -1.06. The van der Waals surface area contributed by atoms with Gasteiger partial charge in [0.05, 0.1) is 6.61 Å². The molecule has 1 atom stereocenters. The average molecular weight is 248 g/mol. The zero-order valence-electron chi connectivity index (χ0n) is 11.5. The fourth-order valence-corrected chi connectivity index (χ4v) is 2.91. The van der Waals surface area contributed by atoms with Gasteiger partial charge in [-0.25, -0.2) is 0 Å². The van der Waals surface area contributed by atoms with Gasteiger partial charge in [0.1, 0.15) is 5.75 Å². The van der Waals surface area contributed by atoms with Crippen LogP contribution in [0.15, 0.2) is 30.3 Å². The minimum atomic E-state index is 0.281. The number of nitrogens with one attached hydrogen (secondary N) is 1. The van der Waals surface area contributed by atoms with Crippen molar-refractivity contribution in [2.24, 2.45) is 0 Å². The Kier molecular flexibility index (Phi) is 4.61. The zero-order valence-corrected chi connectivity index (χ0v) is 11.5. The maximum atomic E-state index is 5.83. The van der Waals surface area contributed by atoms with E-state index in [1.807, 2.05) is 37.4 Å². The minimum Gasteiger partial charge on any atom is -0.494 e. The van der Waals surface area contributed by atoms with Crippen LogP contribution in [0.4, 0.5) is 0 Å². The lowest BCUT2D eigenvalue weighted by molar-refractivity contribution is 0.131. The Morgan fingerprint density at radius 1 is 1.33 bits per heavy atom.